The van der Waals surface area contributed by atoms with Gasteiger partial charge in [0.15, 0.2) is 0 Å². The van der Waals surface area contributed by atoms with Crippen LogP contribution in [-0.2, 0) is 4.74 Å². The number of phenolic OH excluding ortho intramolecular Hbond substituents is 2. The molecule has 0 aromatic heterocycles. The van der Waals surface area contributed by atoms with E-state index in [4.69, 9.17) is 4.74 Å². The quantitative estimate of drug-likeness (QED) is 0.842. The van der Waals surface area contributed by atoms with E-state index < -0.39 is 0 Å². The molecule has 0 spiro atoms. The van der Waals surface area contributed by atoms with Gasteiger partial charge in [-0.3, -0.25) is 4.79 Å². The molecule has 0 bridgehead atoms. The van der Waals surface area contributed by atoms with Crippen LogP contribution in [0, 0.1) is 6.92 Å². The first kappa shape index (κ1) is 20.0. The summed E-state index contributed by atoms with van der Waals surface area (Å²) in [4.78, 5) is 16.9. The van der Waals surface area contributed by atoms with Crippen molar-refractivity contribution in [2.75, 3.05) is 43.2 Å². The largest absolute Gasteiger partial charge is 0.508 e. The van der Waals surface area contributed by atoms with E-state index in [1.807, 2.05) is 32.9 Å². The van der Waals surface area contributed by atoms with Crippen molar-refractivity contribution in [2.24, 2.45) is 0 Å². The molecule has 0 aliphatic carbocycles. The highest BCUT2D eigenvalue weighted by atomic mass is 16.5. The van der Waals surface area contributed by atoms with E-state index in [1.54, 1.807) is 13.1 Å². The van der Waals surface area contributed by atoms with Gasteiger partial charge in [0.1, 0.15) is 11.5 Å². The number of phenols is 2. The van der Waals surface area contributed by atoms with Gasteiger partial charge in [-0.25, -0.2) is 0 Å². The minimum atomic E-state index is -0.318. The molecule has 0 atom stereocenters. The molecule has 0 saturated carbocycles. The summed E-state index contributed by atoms with van der Waals surface area (Å²) < 4.78 is 5.40. The van der Waals surface area contributed by atoms with Gasteiger partial charge in [0.05, 0.1) is 18.8 Å². The molecule has 1 saturated heterocycles. The third-order valence-electron chi connectivity index (χ3n) is 5.22. The standard InChI is InChI=1S/C22H28N2O4/c1-14(2)17-12-18(21(26)13-20(17)25)22(27)23(4)19-6-5-16(11-15(19)3)24-7-9-28-10-8-24/h5-6,11-14,25-26H,7-10H2,1-4H3. The number of aryl methyl sites for hydroxylation is 1. The maximum absolute atomic E-state index is 13.0. The van der Waals surface area contributed by atoms with Gasteiger partial charge in [-0.05, 0) is 48.2 Å². The molecule has 150 valence electrons. The Hall–Kier alpha value is -2.73. The van der Waals surface area contributed by atoms with Gasteiger partial charge in [0.25, 0.3) is 5.91 Å². The molecule has 28 heavy (non-hydrogen) atoms. The van der Waals surface area contributed by atoms with Crippen LogP contribution >= 0.6 is 0 Å². The normalized spacial score (nSPS) is 14.4. The van der Waals surface area contributed by atoms with Gasteiger partial charge >= 0.3 is 0 Å². The average molecular weight is 384 g/mol. The molecule has 2 aromatic rings. The molecule has 1 heterocycles. The molecule has 0 unspecified atom stereocenters. The summed E-state index contributed by atoms with van der Waals surface area (Å²) in [7, 11) is 1.69. The summed E-state index contributed by atoms with van der Waals surface area (Å²) in [5.74, 6) is -0.507. The second kappa shape index (κ2) is 8.10. The highest BCUT2D eigenvalue weighted by molar-refractivity contribution is 6.08. The lowest BCUT2D eigenvalue weighted by Gasteiger charge is -2.30. The lowest BCUT2D eigenvalue weighted by molar-refractivity contribution is 0.0990. The molecule has 6 nitrogen and oxygen atoms in total. The number of amides is 1. The predicted molar refractivity (Wildman–Crippen MR) is 111 cm³/mol. The molecule has 2 aromatic carbocycles. The first-order valence-corrected chi connectivity index (χ1v) is 9.57. The first-order chi connectivity index (χ1) is 13.3. The number of carbonyl (C=O) groups excluding carboxylic acids is 1. The second-order valence-electron chi connectivity index (χ2n) is 7.52. The highest BCUT2D eigenvalue weighted by Gasteiger charge is 2.22. The molecule has 6 heteroatoms. The Morgan fingerprint density at radius 1 is 1.11 bits per heavy atom. The number of ether oxygens (including phenoxy) is 1. The van der Waals surface area contributed by atoms with E-state index in [0.29, 0.717) is 5.56 Å². The van der Waals surface area contributed by atoms with Crippen LogP contribution in [0.5, 0.6) is 11.5 Å². The van der Waals surface area contributed by atoms with E-state index in [0.717, 1.165) is 43.2 Å². The van der Waals surface area contributed by atoms with Crippen LogP contribution in [0.1, 0.15) is 41.3 Å². The fourth-order valence-electron chi connectivity index (χ4n) is 3.55. The van der Waals surface area contributed by atoms with Crippen LogP contribution in [0.15, 0.2) is 30.3 Å². The molecule has 2 N–H and O–H groups in total. The zero-order valence-corrected chi connectivity index (χ0v) is 16.9. The topological polar surface area (TPSA) is 73.2 Å². The fourth-order valence-corrected chi connectivity index (χ4v) is 3.55. The Balaban J connectivity index is 1.88. The number of nitrogens with zero attached hydrogens (tertiary/aromatic N) is 2. The molecule has 0 radical (unpaired) electrons. The van der Waals surface area contributed by atoms with Crippen molar-refractivity contribution in [2.45, 2.75) is 26.7 Å². The monoisotopic (exact) mass is 384 g/mol. The van der Waals surface area contributed by atoms with Crippen molar-refractivity contribution >= 4 is 17.3 Å². The van der Waals surface area contributed by atoms with Gasteiger partial charge < -0.3 is 24.7 Å². The van der Waals surface area contributed by atoms with Crippen LogP contribution in [0.25, 0.3) is 0 Å². The zero-order chi connectivity index (χ0) is 20.4. The Kier molecular flexibility index (Phi) is 5.79. The second-order valence-corrected chi connectivity index (χ2v) is 7.52. The van der Waals surface area contributed by atoms with Crippen LogP contribution in [0.4, 0.5) is 11.4 Å². The molecule has 1 fully saturated rings. The number of carbonyl (C=O) groups is 1. The maximum atomic E-state index is 13.0. The number of rotatable bonds is 4. The minimum Gasteiger partial charge on any atom is -0.508 e. The SMILES string of the molecule is Cc1cc(N2CCOCC2)ccc1N(C)C(=O)c1cc(C(C)C)c(O)cc1O. The van der Waals surface area contributed by atoms with E-state index in [-0.39, 0.29) is 28.9 Å². The van der Waals surface area contributed by atoms with Gasteiger partial charge in [0.2, 0.25) is 0 Å². The summed E-state index contributed by atoms with van der Waals surface area (Å²) in [5.41, 5.74) is 3.68. The van der Waals surface area contributed by atoms with Crippen molar-refractivity contribution in [1.29, 1.82) is 0 Å². The lowest BCUT2D eigenvalue weighted by atomic mass is 9.98. The maximum Gasteiger partial charge on any atom is 0.261 e. The number of anilines is 2. The summed E-state index contributed by atoms with van der Waals surface area (Å²) >= 11 is 0. The van der Waals surface area contributed by atoms with Crippen molar-refractivity contribution < 1.29 is 19.7 Å². The zero-order valence-electron chi connectivity index (χ0n) is 16.9. The highest BCUT2D eigenvalue weighted by Crippen LogP contribution is 2.34. The van der Waals surface area contributed by atoms with Crippen LogP contribution in [0.2, 0.25) is 0 Å². The van der Waals surface area contributed by atoms with Gasteiger partial charge in [-0.2, -0.15) is 0 Å². The molecule has 3 rings (SSSR count). The summed E-state index contributed by atoms with van der Waals surface area (Å²) in [6.07, 6.45) is 0. The summed E-state index contributed by atoms with van der Waals surface area (Å²) in [6.45, 7) is 8.98. The predicted octanol–water partition coefficient (Wildman–Crippen LogP) is 3.64. The van der Waals surface area contributed by atoms with Crippen molar-refractivity contribution in [3.05, 3.63) is 47.0 Å². The Bertz CT molecular complexity index is 873. The fraction of sp³-hybridized carbons (Fsp3) is 0.409. The summed E-state index contributed by atoms with van der Waals surface area (Å²) in [6, 6.07) is 8.82. The van der Waals surface area contributed by atoms with Crippen LogP contribution in [0.3, 0.4) is 0 Å². The van der Waals surface area contributed by atoms with Gasteiger partial charge in [-0.1, -0.05) is 13.8 Å². The molecule has 1 aliphatic rings. The molecular weight excluding hydrogens is 356 g/mol. The number of aromatic hydroxyl groups is 2. The van der Waals surface area contributed by atoms with Crippen molar-refractivity contribution in [3.8, 4) is 11.5 Å². The number of hydrogen-bond acceptors (Lipinski definition) is 5. The van der Waals surface area contributed by atoms with Crippen molar-refractivity contribution in [3.63, 3.8) is 0 Å². The first-order valence-electron chi connectivity index (χ1n) is 9.57. The van der Waals surface area contributed by atoms with E-state index in [2.05, 4.69) is 11.0 Å². The number of benzene rings is 2. The number of hydrogen-bond donors (Lipinski definition) is 2. The van der Waals surface area contributed by atoms with E-state index in [9.17, 15) is 15.0 Å². The van der Waals surface area contributed by atoms with E-state index in [1.165, 1.54) is 11.0 Å². The van der Waals surface area contributed by atoms with Crippen LogP contribution < -0.4 is 9.80 Å². The van der Waals surface area contributed by atoms with Crippen LogP contribution in [-0.4, -0.2) is 49.5 Å². The Morgan fingerprint density at radius 3 is 2.39 bits per heavy atom. The van der Waals surface area contributed by atoms with Gasteiger partial charge in [0, 0.05) is 37.6 Å². The van der Waals surface area contributed by atoms with E-state index >= 15 is 0 Å². The Labute approximate surface area is 166 Å². The van der Waals surface area contributed by atoms with Crippen molar-refractivity contribution in [1.82, 2.24) is 0 Å². The third kappa shape index (κ3) is 3.92. The minimum absolute atomic E-state index is 0.00209. The summed E-state index contributed by atoms with van der Waals surface area (Å²) in [5, 5.41) is 20.2. The average Bonchev–Trinajstić information content (AvgIpc) is 2.67. The molecule has 1 aliphatic heterocycles. The van der Waals surface area contributed by atoms with Gasteiger partial charge in [-0.15, -0.1) is 0 Å². The molecule has 1 amide bonds. The third-order valence-corrected chi connectivity index (χ3v) is 5.22. The number of morpholine rings is 1. The lowest BCUT2D eigenvalue weighted by Crippen LogP contribution is -2.36. The smallest absolute Gasteiger partial charge is 0.261 e. The Morgan fingerprint density at radius 2 is 1.79 bits per heavy atom. The molecular formula is C22H28N2O4.